The number of benzene rings is 1. The third-order valence-electron chi connectivity index (χ3n) is 3.02. The molecule has 106 valence electrons. The van der Waals surface area contributed by atoms with Crippen molar-refractivity contribution in [2.75, 3.05) is 0 Å². The molecule has 1 heterocycles. The van der Waals surface area contributed by atoms with Crippen LogP contribution in [0.5, 0.6) is 0 Å². The molecule has 1 aromatic heterocycles. The zero-order chi connectivity index (χ0) is 14.8. The molecule has 0 bridgehead atoms. The van der Waals surface area contributed by atoms with Crippen LogP contribution in [0.15, 0.2) is 30.9 Å². The highest BCUT2D eigenvalue weighted by molar-refractivity contribution is 6.35. The molecule has 1 unspecified atom stereocenters. The topological polar surface area (TPSA) is 68.0 Å². The van der Waals surface area contributed by atoms with E-state index in [9.17, 15) is 9.90 Å². The Morgan fingerprint density at radius 1 is 1.45 bits per heavy atom. The second-order valence-corrected chi connectivity index (χ2v) is 5.20. The van der Waals surface area contributed by atoms with Gasteiger partial charge < -0.3 is 5.11 Å². The van der Waals surface area contributed by atoms with Gasteiger partial charge in [0.1, 0.15) is 12.7 Å². The maximum atomic E-state index is 12.2. The second kappa shape index (κ2) is 5.91. The van der Waals surface area contributed by atoms with Crippen molar-refractivity contribution >= 4 is 29.0 Å². The summed E-state index contributed by atoms with van der Waals surface area (Å²) in [7, 11) is 0. The van der Waals surface area contributed by atoms with Gasteiger partial charge in [-0.3, -0.25) is 4.79 Å². The van der Waals surface area contributed by atoms with Crippen molar-refractivity contribution in [3.05, 3.63) is 46.5 Å². The Morgan fingerprint density at radius 3 is 2.75 bits per heavy atom. The molecule has 0 amide bonds. The maximum Gasteiger partial charge on any atom is 0.170 e. The summed E-state index contributed by atoms with van der Waals surface area (Å²) in [5.41, 5.74) is -1.45. The van der Waals surface area contributed by atoms with Crippen molar-refractivity contribution in [2.45, 2.75) is 25.5 Å². The summed E-state index contributed by atoms with van der Waals surface area (Å²) >= 11 is 12.0. The van der Waals surface area contributed by atoms with Gasteiger partial charge >= 0.3 is 0 Å². The molecular formula is C13H13Cl2N3O2. The predicted molar refractivity (Wildman–Crippen MR) is 75.7 cm³/mol. The van der Waals surface area contributed by atoms with Crippen LogP contribution in [-0.2, 0) is 16.9 Å². The molecule has 0 saturated carbocycles. The Bertz CT molecular complexity index is 616. The van der Waals surface area contributed by atoms with Crippen LogP contribution in [0.1, 0.15) is 18.9 Å². The van der Waals surface area contributed by atoms with Gasteiger partial charge in [0.15, 0.2) is 11.4 Å². The van der Waals surface area contributed by atoms with Crippen molar-refractivity contribution in [1.29, 1.82) is 0 Å². The van der Waals surface area contributed by atoms with Gasteiger partial charge in [-0.2, -0.15) is 5.10 Å². The fraction of sp³-hybridized carbons (Fsp3) is 0.308. The summed E-state index contributed by atoms with van der Waals surface area (Å²) < 4.78 is 1.39. The first-order chi connectivity index (χ1) is 9.47. The van der Waals surface area contributed by atoms with E-state index in [2.05, 4.69) is 10.1 Å². The number of ketones is 1. The average Bonchev–Trinajstić information content (AvgIpc) is 2.90. The Kier molecular flexibility index (Phi) is 4.42. The molecular weight excluding hydrogens is 301 g/mol. The lowest BCUT2D eigenvalue weighted by Crippen LogP contribution is -2.40. The first-order valence-corrected chi connectivity index (χ1v) is 6.76. The molecule has 2 rings (SSSR count). The van der Waals surface area contributed by atoms with Gasteiger partial charge in [-0.05, 0) is 12.1 Å². The molecule has 2 aromatic rings. The Hall–Kier alpha value is -1.43. The first-order valence-electron chi connectivity index (χ1n) is 6.01. The molecule has 0 saturated heterocycles. The number of aliphatic hydroxyl groups is 1. The van der Waals surface area contributed by atoms with E-state index in [1.807, 2.05) is 0 Å². The van der Waals surface area contributed by atoms with Gasteiger partial charge in [0.2, 0.25) is 0 Å². The molecule has 1 aromatic carbocycles. The van der Waals surface area contributed by atoms with Crippen LogP contribution in [-0.4, -0.2) is 25.7 Å². The average molecular weight is 314 g/mol. The minimum Gasteiger partial charge on any atom is -0.375 e. The summed E-state index contributed by atoms with van der Waals surface area (Å²) in [5.74, 6) is -0.350. The smallest absolute Gasteiger partial charge is 0.170 e. The number of hydrogen-bond acceptors (Lipinski definition) is 4. The third-order valence-corrected chi connectivity index (χ3v) is 3.56. The predicted octanol–water partition coefficient (Wildman–Crippen LogP) is 2.45. The van der Waals surface area contributed by atoms with Gasteiger partial charge in [0.25, 0.3) is 0 Å². The highest BCUT2D eigenvalue weighted by Crippen LogP contribution is 2.33. The maximum absolute atomic E-state index is 12.2. The van der Waals surface area contributed by atoms with Crippen molar-refractivity contribution in [3.63, 3.8) is 0 Å². The fourth-order valence-electron chi connectivity index (χ4n) is 1.99. The highest BCUT2D eigenvalue weighted by atomic mass is 35.5. The number of Topliss-reactive ketones (excluding diaryl/α,β-unsaturated/α-hetero) is 1. The number of hydrogen-bond donors (Lipinski definition) is 1. The van der Waals surface area contributed by atoms with Gasteiger partial charge in [-0.1, -0.05) is 36.2 Å². The molecule has 0 spiro atoms. The van der Waals surface area contributed by atoms with Crippen LogP contribution in [0, 0.1) is 0 Å². The van der Waals surface area contributed by atoms with Crippen LogP contribution in [0.2, 0.25) is 10.0 Å². The summed E-state index contributed by atoms with van der Waals surface area (Å²) in [6, 6.07) is 4.63. The largest absolute Gasteiger partial charge is 0.375 e. The number of aromatic nitrogens is 3. The normalized spacial score (nSPS) is 14.0. The molecule has 5 nitrogen and oxygen atoms in total. The minimum absolute atomic E-state index is 0.0545. The van der Waals surface area contributed by atoms with E-state index < -0.39 is 5.60 Å². The van der Waals surface area contributed by atoms with Gasteiger partial charge in [-0.15, -0.1) is 0 Å². The third kappa shape index (κ3) is 2.85. The fourth-order valence-corrected chi connectivity index (χ4v) is 2.55. The zero-order valence-corrected chi connectivity index (χ0v) is 12.3. The lowest BCUT2D eigenvalue weighted by atomic mass is 9.88. The summed E-state index contributed by atoms with van der Waals surface area (Å²) in [4.78, 5) is 16.0. The number of rotatable bonds is 5. The summed E-state index contributed by atoms with van der Waals surface area (Å²) in [6.45, 7) is 1.62. The van der Waals surface area contributed by atoms with Crippen molar-refractivity contribution in [2.24, 2.45) is 0 Å². The quantitative estimate of drug-likeness (QED) is 0.920. The highest BCUT2D eigenvalue weighted by Gasteiger charge is 2.39. The Balaban J connectivity index is 2.48. The lowest BCUT2D eigenvalue weighted by Gasteiger charge is -2.27. The van der Waals surface area contributed by atoms with Crippen LogP contribution >= 0.6 is 23.2 Å². The lowest BCUT2D eigenvalue weighted by molar-refractivity contribution is -0.140. The van der Waals surface area contributed by atoms with E-state index in [0.717, 1.165) is 0 Å². The molecule has 0 aliphatic carbocycles. The van der Waals surface area contributed by atoms with E-state index in [1.165, 1.54) is 23.4 Å². The standard InChI is InChI=1S/C13H13Cl2N3O2/c1-2-12(19)13(20,6-18-8-16-7-17-18)10-4-3-9(14)5-11(10)15/h3-5,7-8,20H,2,6H2,1H3. The first kappa shape index (κ1) is 15.0. The molecule has 1 N–H and O–H groups in total. The number of carbonyl (C=O) groups excluding carboxylic acids is 1. The number of halogens is 2. The Morgan fingerprint density at radius 2 is 2.20 bits per heavy atom. The molecule has 20 heavy (non-hydrogen) atoms. The van der Waals surface area contributed by atoms with E-state index >= 15 is 0 Å². The summed E-state index contributed by atoms with van der Waals surface area (Å²) in [6.07, 6.45) is 2.93. The van der Waals surface area contributed by atoms with Gasteiger partial charge in [-0.25, -0.2) is 9.67 Å². The van der Waals surface area contributed by atoms with Crippen LogP contribution in [0.3, 0.4) is 0 Å². The van der Waals surface area contributed by atoms with Crippen molar-refractivity contribution in [3.8, 4) is 0 Å². The SMILES string of the molecule is CCC(=O)C(O)(Cn1cncn1)c1ccc(Cl)cc1Cl. The summed E-state index contributed by atoms with van der Waals surface area (Å²) in [5, 5.41) is 15.4. The molecule has 0 aliphatic rings. The molecule has 7 heteroatoms. The Labute approximate surface area is 126 Å². The van der Waals surface area contributed by atoms with Crippen molar-refractivity contribution in [1.82, 2.24) is 14.8 Å². The van der Waals surface area contributed by atoms with E-state index in [0.29, 0.717) is 10.6 Å². The van der Waals surface area contributed by atoms with E-state index in [4.69, 9.17) is 23.2 Å². The van der Waals surface area contributed by atoms with Crippen LogP contribution in [0.4, 0.5) is 0 Å². The number of nitrogens with zero attached hydrogens (tertiary/aromatic N) is 3. The number of carbonyl (C=O) groups is 1. The van der Waals surface area contributed by atoms with Gasteiger partial charge in [0.05, 0.1) is 6.54 Å². The minimum atomic E-state index is -1.76. The monoisotopic (exact) mass is 313 g/mol. The van der Waals surface area contributed by atoms with Crippen LogP contribution < -0.4 is 0 Å². The van der Waals surface area contributed by atoms with E-state index in [1.54, 1.807) is 19.1 Å². The molecule has 0 fully saturated rings. The second-order valence-electron chi connectivity index (χ2n) is 4.35. The molecule has 0 radical (unpaired) electrons. The van der Waals surface area contributed by atoms with E-state index in [-0.39, 0.29) is 23.8 Å². The van der Waals surface area contributed by atoms with Gasteiger partial charge in [0, 0.05) is 22.0 Å². The zero-order valence-electron chi connectivity index (χ0n) is 10.8. The van der Waals surface area contributed by atoms with Crippen molar-refractivity contribution < 1.29 is 9.90 Å². The molecule has 1 atom stereocenters. The molecule has 0 aliphatic heterocycles. The van der Waals surface area contributed by atoms with Crippen LogP contribution in [0.25, 0.3) is 0 Å².